The zero-order chi connectivity index (χ0) is 13.2. The summed E-state index contributed by atoms with van der Waals surface area (Å²) in [7, 11) is 0. The van der Waals surface area contributed by atoms with Gasteiger partial charge in [0.1, 0.15) is 5.75 Å². The summed E-state index contributed by atoms with van der Waals surface area (Å²) in [6, 6.07) is 8.12. The summed E-state index contributed by atoms with van der Waals surface area (Å²) in [5.41, 5.74) is 1.10. The lowest BCUT2D eigenvalue weighted by Gasteiger charge is -2.14. The van der Waals surface area contributed by atoms with Crippen molar-refractivity contribution in [3.8, 4) is 5.75 Å². The van der Waals surface area contributed by atoms with Crippen molar-refractivity contribution < 1.29 is 9.47 Å². The van der Waals surface area contributed by atoms with Crippen LogP contribution in [0.25, 0.3) is 0 Å². The van der Waals surface area contributed by atoms with Gasteiger partial charge in [0, 0.05) is 31.5 Å². The first-order chi connectivity index (χ1) is 8.76. The summed E-state index contributed by atoms with van der Waals surface area (Å²) in [6.45, 7) is 8.75. The molecule has 0 aliphatic rings. The summed E-state index contributed by atoms with van der Waals surface area (Å²) in [5, 5.41) is 3.38. The van der Waals surface area contributed by atoms with Gasteiger partial charge in [-0.25, -0.2) is 0 Å². The van der Waals surface area contributed by atoms with Gasteiger partial charge in [0.25, 0.3) is 0 Å². The van der Waals surface area contributed by atoms with Gasteiger partial charge in [-0.15, -0.1) is 0 Å². The fourth-order valence-electron chi connectivity index (χ4n) is 1.55. The number of hydrogen-bond acceptors (Lipinski definition) is 3. The molecule has 0 heterocycles. The molecule has 1 unspecified atom stereocenters. The third-order valence-corrected chi connectivity index (χ3v) is 2.74. The van der Waals surface area contributed by atoms with Gasteiger partial charge in [-0.2, -0.15) is 0 Å². The van der Waals surface area contributed by atoms with E-state index in [0.29, 0.717) is 0 Å². The van der Waals surface area contributed by atoms with Crippen molar-refractivity contribution in [3.05, 3.63) is 24.3 Å². The molecule has 0 amide bonds. The quantitative estimate of drug-likeness (QED) is 0.679. The van der Waals surface area contributed by atoms with Crippen LogP contribution in [0.15, 0.2) is 24.3 Å². The fraction of sp³-hybridized carbons (Fsp3) is 0.600. The van der Waals surface area contributed by atoms with E-state index in [4.69, 9.17) is 9.47 Å². The molecule has 0 bridgehead atoms. The molecule has 0 aromatic heterocycles. The molecule has 1 aromatic carbocycles. The number of nitrogens with one attached hydrogen (secondary N) is 1. The highest BCUT2D eigenvalue weighted by Crippen LogP contribution is 2.19. The first kappa shape index (κ1) is 14.8. The molecule has 0 radical (unpaired) electrons. The topological polar surface area (TPSA) is 30.5 Å². The first-order valence-corrected chi connectivity index (χ1v) is 6.84. The number of hydrogen-bond donors (Lipinski definition) is 1. The third kappa shape index (κ3) is 5.92. The van der Waals surface area contributed by atoms with E-state index in [-0.39, 0.29) is 6.10 Å². The molecule has 102 valence electrons. The zero-order valence-electron chi connectivity index (χ0n) is 11.7. The second-order valence-electron chi connectivity index (χ2n) is 4.34. The average molecular weight is 251 g/mol. The molecule has 1 atom stereocenters. The Balaban J connectivity index is 2.35. The van der Waals surface area contributed by atoms with E-state index in [1.165, 1.54) is 0 Å². The average Bonchev–Trinajstić information content (AvgIpc) is 2.39. The lowest BCUT2D eigenvalue weighted by atomic mass is 10.2. The molecule has 3 heteroatoms. The van der Waals surface area contributed by atoms with Crippen LogP contribution in [-0.4, -0.2) is 25.9 Å². The molecule has 3 nitrogen and oxygen atoms in total. The number of ether oxygens (including phenoxy) is 2. The van der Waals surface area contributed by atoms with Gasteiger partial charge in [0.2, 0.25) is 0 Å². The largest absolute Gasteiger partial charge is 0.491 e. The summed E-state index contributed by atoms with van der Waals surface area (Å²) < 4.78 is 11.1. The Morgan fingerprint density at radius 2 is 2.11 bits per heavy atom. The number of benzene rings is 1. The lowest BCUT2D eigenvalue weighted by Crippen LogP contribution is -2.10. The van der Waals surface area contributed by atoms with Crippen LogP contribution in [0.3, 0.4) is 0 Å². The maximum atomic E-state index is 5.78. The van der Waals surface area contributed by atoms with Crippen LogP contribution >= 0.6 is 0 Å². The predicted octanol–water partition coefficient (Wildman–Crippen LogP) is 3.70. The van der Waals surface area contributed by atoms with E-state index in [0.717, 1.165) is 44.0 Å². The Bertz CT molecular complexity index is 328. The summed E-state index contributed by atoms with van der Waals surface area (Å²) in [5.74, 6) is 0.930. The van der Waals surface area contributed by atoms with E-state index in [2.05, 4.69) is 25.2 Å². The summed E-state index contributed by atoms with van der Waals surface area (Å²) in [4.78, 5) is 0. The molecular formula is C15H25NO2. The van der Waals surface area contributed by atoms with Crippen molar-refractivity contribution in [2.24, 2.45) is 0 Å². The highest BCUT2D eigenvalue weighted by molar-refractivity contribution is 5.48. The predicted molar refractivity (Wildman–Crippen MR) is 76.4 cm³/mol. The lowest BCUT2D eigenvalue weighted by molar-refractivity contribution is 0.147. The monoisotopic (exact) mass is 251 g/mol. The highest BCUT2D eigenvalue weighted by Gasteiger charge is 2.01. The number of anilines is 1. The Kier molecular flexibility index (Phi) is 7.26. The van der Waals surface area contributed by atoms with E-state index in [1.807, 2.05) is 25.1 Å². The molecule has 1 N–H and O–H groups in total. The maximum Gasteiger partial charge on any atom is 0.121 e. The minimum atomic E-state index is 0.262. The molecule has 1 rings (SSSR count). The Morgan fingerprint density at radius 1 is 1.28 bits per heavy atom. The number of rotatable bonds is 9. The van der Waals surface area contributed by atoms with Crippen molar-refractivity contribution in [1.82, 2.24) is 0 Å². The Labute approximate surface area is 110 Å². The molecular weight excluding hydrogens is 226 g/mol. The molecule has 0 aliphatic carbocycles. The SMILES string of the molecule is CCOCCCNc1cccc(OC(C)CC)c1. The van der Waals surface area contributed by atoms with Crippen molar-refractivity contribution in [2.45, 2.75) is 39.7 Å². The van der Waals surface area contributed by atoms with Gasteiger partial charge in [0.15, 0.2) is 0 Å². The van der Waals surface area contributed by atoms with Crippen LogP contribution in [0.1, 0.15) is 33.6 Å². The van der Waals surface area contributed by atoms with Crippen molar-refractivity contribution >= 4 is 5.69 Å². The van der Waals surface area contributed by atoms with Crippen LogP contribution < -0.4 is 10.1 Å². The van der Waals surface area contributed by atoms with E-state index in [9.17, 15) is 0 Å². The standard InChI is InChI=1S/C15H25NO2/c1-4-13(3)18-15-9-6-8-14(12-15)16-10-7-11-17-5-2/h6,8-9,12-13,16H,4-5,7,10-11H2,1-3H3. The normalized spacial score (nSPS) is 12.2. The van der Waals surface area contributed by atoms with Crippen LogP contribution in [-0.2, 0) is 4.74 Å². The summed E-state index contributed by atoms with van der Waals surface area (Å²) in [6.07, 6.45) is 2.30. The van der Waals surface area contributed by atoms with Gasteiger partial charge in [0.05, 0.1) is 6.10 Å². The van der Waals surface area contributed by atoms with Gasteiger partial charge in [-0.1, -0.05) is 13.0 Å². The first-order valence-electron chi connectivity index (χ1n) is 6.84. The Morgan fingerprint density at radius 3 is 2.83 bits per heavy atom. The van der Waals surface area contributed by atoms with E-state index in [1.54, 1.807) is 0 Å². The van der Waals surface area contributed by atoms with Crippen LogP contribution in [0.2, 0.25) is 0 Å². The Hall–Kier alpha value is -1.22. The molecule has 0 saturated heterocycles. The van der Waals surface area contributed by atoms with E-state index < -0.39 is 0 Å². The fourth-order valence-corrected chi connectivity index (χ4v) is 1.55. The minimum Gasteiger partial charge on any atom is -0.491 e. The van der Waals surface area contributed by atoms with Crippen LogP contribution in [0.5, 0.6) is 5.75 Å². The van der Waals surface area contributed by atoms with Crippen molar-refractivity contribution in [3.63, 3.8) is 0 Å². The second kappa shape index (κ2) is 8.81. The highest BCUT2D eigenvalue weighted by atomic mass is 16.5. The van der Waals surface area contributed by atoms with Gasteiger partial charge in [-0.05, 0) is 38.8 Å². The van der Waals surface area contributed by atoms with Crippen molar-refractivity contribution in [1.29, 1.82) is 0 Å². The molecule has 0 spiro atoms. The third-order valence-electron chi connectivity index (χ3n) is 2.74. The van der Waals surface area contributed by atoms with Crippen molar-refractivity contribution in [2.75, 3.05) is 25.1 Å². The molecule has 0 aliphatic heterocycles. The summed E-state index contributed by atoms with van der Waals surface area (Å²) >= 11 is 0. The minimum absolute atomic E-state index is 0.262. The molecule has 0 saturated carbocycles. The van der Waals surface area contributed by atoms with Gasteiger partial charge < -0.3 is 14.8 Å². The molecule has 18 heavy (non-hydrogen) atoms. The smallest absolute Gasteiger partial charge is 0.121 e. The molecule has 0 fully saturated rings. The zero-order valence-corrected chi connectivity index (χ0v) is 11.7. The van der Waals surface area contributed by atoms with Crippen LogP contribution in [0, 0.1) is 0 Å². The van der Waals surface area contributed by atoms with Crippen LogP contribution in [0.4, 0.5) is 5.69 Å². The van der Waals surface area contributed by atoms with Gasteiger partial charge >= 0.3 is 0 Å². The molecule has 1 aromatic rings. The van der Waals surface area contributed by atoms with Gasteiger partial charge in [-0.3, -0.25) is 0 Å². The second-order valence-corrected chi connectivity index (χ2v) is 4.34. The maximum absolute atomic E-state index is 5.78. The van der Waals surface area contributed by atoms with E-state index >= 15 is 0 Å².